The lowest BCUT2D eigenvalue weighted by atomic mass is 10.1. The summed E-state index contributed by atoms with van der Waals surface area (Å²) < 4.78 is 15.6. The molecule has 0 fully saturated rings. The number of carbonyl (C=O) groups is 2. The van der Waals surface area contributed by atoms with E-state index < -0.39 is 5.97 Å². The molecule has 0 spiro atoms. The van der Waals surface area contributed by atoms with Crippen LogP contribution in [0.5, 0.6) is 17.2 Å². The molecule has 0 aliphatic rings. The number of ether oxygens (including phenoxy) is 3. The largest absolute Gasteiger partial charge is 0.496 e. The third-order valence-electron chi connectivity index (χ3n) is 2.84. The van der Waals surface area contributed by atoms with Crippen LogP contribution in [0.25, 0.3) is 0 Å². The highest BCUT2D eigenvalue weighted by molar-refractivity contribution is 5.95. The van der Waals surface area contributed by atoms with E-state index in [-0.39, 0.29) is 5.56 Å². The number of methoxy groups -OCH3 is 2. The summed E-state index contributed by atoms with van der Waals surface area (Å²) in [6.45, 7) is 0. The molecular weight excluding hydrogens is 272 g/mol. The van der Waals surface area contributed by atoms with Crippen LogP contribution in [0.4, 0.5) is 0 Å². The van der Waals surface area contributed by atoms with Gasteiger partial charge < -0.3 is 14.2 Å². The molecule has 2 aromatic carbocycles. The first-order valence-electron chi connectivity index (χ1n) is 6.18. The Bertz CT molecular complexity index is 646. The zero-order valence-electron chi connectivity index (χ0n) is 11.7. The quantitative estimate of drug-likeness (QED) is 0.624. The SMILES string of the molecule is COC(=O)c1c(OC)cccc1Oc1ccc(C=O)cc1. The second-order valence-corrected chi connectivity index (χ2v) is 4.11. The number of aldehydes is 1. The van der Waals surface area contributed by atoms with E-state index in [4.69, 9.17) is 14.2 Å². The lowest BCUT2D eigenvalue weighted by Crippen LogP contribution is -2.06. The Kier molecular flexibility index (Phi) is 4.56. The number of esters is 1. The van der Waals surface area contributed by atoms with Crippen molar-refractivity contribution in [3.63, 3.8) is 0 Å². The summed E-state index contributed by atoms with van der Waals surface area (Å²) in [6.07, 6.45) is 0.745. The van der Waals surface area contributed by atoms with Gasteiger partial charge in [0.15, 0.2) is 0 Å². The van der Waals surface area contributed by atoms with Gasteiger partial charge in [-0.1, -0.05) is 6.07 Å². The van der Waals surface area contributed by atoms with Crippen LogP contribution in [-0.2, 0) is 4.74 Å². The lowest BCUT2D eigenvalue weighted by Gasteiger charge is -2.13. The van der Waals surface area contributed by atoms with Crippen molar-refractivity contribution in [3.8, 4) is 17.2 Å². The maximum absolute atomic E-state index is 11.9. The summed E-state index contributed by atoms with van der Waals surface area (Å²) in [5, 5.41) is 0. The van der Waals surface area contributed by atoms with E-state index in [0.29, 0.717) is 22.8 Å². The minimum Gasteiger partial charge on any atom is -0.496 e. The Morgan fingerprint density at radius 3 is 2.24 bits per heavy atom. The van der Waals surface area contributed by atoms with E-state index in [1.54, 1.807) is 42.5 Å². The maximum Gasteiger partial charge on any atom is 0.345 e. The van der Waals surface area contributed by atoms with Crippen LogP contribution in [0.2, 0.25) is 0 Å². The number of rotatable bonds is 5. The van der Waals surface area contributed by atoms with Gasteiger partial charge in [-0.3, -0.25) is 4.79 Å². The van der Waals surface area contributed by atoms with Crippen LogP contribution in [-0.4, -0.2) is 26.5 Å². The van der Waals surface area contributed by atoms with Gasteiger partial charge >= 0.3 is 5.97 Å². The normalized spacial score (nSPS) is 9.81. The van der Waals surface area contributed by atoms with Crippen molar-refractivity contribution in [1.29, 1.82) is 0 Å². The summed E-state index contributed by atoms with van der Waals surface area (Å²) in [7, 11) is 2.75. The first kappa shape index (κ1) is 14.6. The van der Waals surface area contributed by atoms with Gasteiger partial charge in [-0.25, -0.2) is 4.79 Å². The zero-order valence-corrected chi connectivity index (χ0v) is 11.7. The number of benzene rings is 2. The molecule has 0 heterocycles. The molecule has 0 radical (unpaired) electrons. The molecule has 5 nitrogen and oxygen atoms in total. The molecule has 0 atom stereocenters. The van der Waals surface area contributed by atoms with Crippen LogP contribution in [0.3, 0.4) is 0 Å². The molecule has 0 N–H and O–H groups in total. The van der Waals surface area contributed by atoms with Gasteiger partial charge in [-0.2, -0.15) is 0 Å². The predicted octanol–water partition coefficient (Wildman–Crippen LogP) is 3.09. The van der Waals surface area contributed by atoms with Crippen molar-refractivity contribution in [2.75, 3.05) is 14.2 Å². The number of hydrogen-bond acceptors (Lipinski definition) is 5. The van der Waals surface area contributed by atoms with E-state index >= 15 is 0 Å². The zero-order chi connectivity index (χ0) is 15.2. The van der Waals surface area contributed by atoms with E-state index in [2.05, 4.69) is 0 Å². The van der Waals surface area contributed by atoms with E-state index in [9.17, 15) is 9.59 Å². The fourth-order valence-electron chi connectivity index (χ4n) is 1.81. The van der Waals surface area contributed by atoms with Crippen LogP contribution in [0.15, 0.2) is 42.5 Å². The van der Waals surface area contributed by atoms with Crippen LogP contribution < -0.4 is 9.47 Å². The number of carbonyl (C=O) groups excluding carboxylic acids is 2. The molecule has 21 heavy (non-hydrogen) atoms. The van der Waals surface area contributed by atoms with Gasteiger partial charge in [0.2, 0.25) is 0 Å². The molecule has 0 bridgehead atoms. The highest BCUT2D eigenvalue weighted by Gasteiger charge is 2.19. The van der Waals surface area contributed by atoms with Crippen LogP contribution in [0.1, 0.15) is 20.7 Å². The third-order valence-corrected chi connectivity index (χ3v) is 2.84. The van der Waals surface area contributed by atoms with Gasteiger partial charge in [0, 0.05) is 5.56 Å². The lowest BCUT2D eigenvalue weighted by molar-refractivity contribution is 0.0594. The van der Waals surface area contributed by atoms with Crippen molar-refractivity contribution in [2.24, 2.45) is 0 Å². The van der Waals surface area contributed by atoms with E-state index in [1.165, 1.54) is 14.2 Å². The first-order chi connectivity index (χ1) is 10.2. The topological polar surface area (TPSA) is 61.8 Å². The summed E-state index contributed by atoms with van der Waals surface area (Å²) in [5.41, 5.74) is 0.753. The van der Waals surface area contributed by atoms with Crippen LogP contribution >= 0.6 is 0 Å². The van der Waals surface area contributed by atoms with Crippen molar-refractivity contribution < 1.29 is 23.8 Å². The van der Waals surface area contributed by atoms with Crippen molar-refractivity contribution in [3.05, 3.63) is 53.6 Å². The molecule has 0 amide bonds. The first-order valence-corrected chi connectivity index (χ1v) is 6.18. The van der Waals surface area contributed by atoms with E-state index in [0.717, 1.165) is 6.29 Å². The van der Waals surface area contributed by atoms with Crippen molar-refractivity contribution >= 4 is 12.3 Å². The molecule has 108 valence electrons. The molecule has 0 saturated heterocycles. The summed E-state index contributed by atoms with van der Waals surface area (Å²) in [4.78, 5) is 22.5. The predicted molar refractivity (Wildman–Crippen MR) is 76.2 cm³/mol. The second-order valence-electron chi connectivity index (χ2n) is 4.11. The Labute approximate surface area is 122 Å². The minimum absolute atomic E-state index is 0.210. The molecule has 0 aliphatic carbocycles. The summed E-state index contributed by atoms with van der Waals surface area (Å²) in [5.74, 6) is 0.634. The fourth-order valence-corrected chi connectivity index (χ4v) is 1.81. The Morgan fingerprint density at radius 2 is 1.67 bits per heavy atom. The highest BCUT2D eigenvalue weighted by atomic mass is 16.5. The molecule has 2 rings (SSSR count). The molecule has 0 aromatic heterocycles. The highest BCUT2D eigenvalue weighted by Crippen LogP contribution is 2.32. The molecule has 2 aromatic rings. The molecule has 0 aliphatic heterocycles. The van der Waals surface area contributed by atoms with Gasteiger partial charge in [-0.15, -0.1) is 0 Å². The second kappa shape index (κ2) is 6.56. The average Bonchev–Trinajstić information content (AvgIpc) is 2.54. The standard InChI is InChI=1S/C16H14O5/c1-19-13-4-3-5-14(15(13)16(18)20-2)21-12-8-6-11(10-17)7-9-12/h3-10H,1-2H3. The van der Waals surface area contributed by atoms with Gasteiger partial charge in [0.1, 0.15) is 29.1 Å². The van der Waals surface area contributed by atoms with Crippen LogP contribution in [0, 0.1) is 0 Å². The third kappa shape index (κ3) is 3.20. The fraction of sp³-hybridized carbons (Fsp3) is 0.125. The smallest absolute Gasteiger partial charge is 0.345 e. The minimum atomic E-state index is -0.549. The molecule has 0 saturated carbocycles. The van der Waals surface area contributed by atoms with Gasteiger partial charge in [-0.05, 0) is 36.4 Å². The molecule has 0 unspecified atom stereocenters. The maximum atomic E-state index is 11.9. The van der Waals surface area contributed by atoms with Gasteiger partial charge in [0.25, 0.3) is 0 Å². The summed E-state index contributed by atoms with van der Waals surface area (Å²) >= 11 is 0. The van der Waals surface area contributed by atoms with E-state index in [1.807, 2.05) is 0 Å². The Morgan fingerprint density at radius 1 is 1.00 bits per heavy atom. The van der Waals surface area contributed by atoms with Crippen molar-refractivity contribution in [2.45, 2.75) is 0 Å². The monoisotopic (exact) mass is 286 g/mol. The average molecular weight is 286 g/mol. The molecule has 5 heteroatoms. The number of hydrogen-bond donors (Lipinski definition) is 0. The Balaban J connectivity index is 2.38. The molecular formula is C16H14O5. The Hall–Kier alpha value is -2.82. The summed E-state index contributed by atoms with van der Waals surface area (Å²) in [6, 6.07) is 11.5. The van der Waals surface area contributed by atoms with Gasteiger partial charge in [0.05, 0.1) is 14.2 Å². The van der Waals surface area contributed by atoms with Crippen molar-refractivity contribution in [1.82, 2.24) is 0 Å².